The third-order valence-corrected chi connectivity index (χ3v) is 3.63. The molecule has 1 unspecified atom stereocenters. The Morgan fingerprint density at radius 3 is 2.46 bits per heavy atom. The predicted octanol–water partition coefficient (Wildman–Crippen LogP) is 2.78. The van der Waals surface area contributed by atoms with E-state index in [2.05, 4.69) is 19.4 Å². The van der Waals surface area contributed by atoms with Gasteiger partial charge in [-0.15, -0.1) is 13.2 Å². The fraction of sp³-hybridized carbons (Fsp3) is 0.294. The van der Waals surface area contributed by atoms with Crippen molar-refractivity contribution in [3.63, 3.8) is 0 Å². The Hall–Kier alpha value is -3.24. The van der Waals surface area contributed by atoms with Crippen molar-refractivity contribution in [3.8, 4) is 5.75 Å². The monoisotopic (exact) mass is 401 g/mol. The zero-order chi connectivity index (χ0) is 20.9. The summed E-state index contributed by atoms with van der Waals surface area (Å²) in [7, 11) is 1.01. The lowest BCUT2D eigenvalue weighted by Gasteiger charge is -2.27. The van der Waals surface area contributed by atoms with Crippen molar-refractivity contribution in [3.05, 3.63) is 53.9 Å². The van der Waals surface area contributed by atoms with Crippen molar-refractivity contribution in [2.45, 2.75) is 25.9 Å². The lowest BCUT2D eigenvalue weighted by Crippen LogP contribution is -2.39. The van der Waals surface area contributed by atoms with Gasteiger partial charge in [0.15, 0.2) is 0 Å². The van der Waals surface area contributed by atoms with Gasteiger partial charge in [0.25, 0.3) is 0 Å². The van der Waals surface area contributed by atoms with E-state index < -0.39 is 35.8 Å². The number of ether oxygens (including phenoxy) is 2. The summed E-state index contributed by atoms with van der Waals surface area (Å²) in [5, 5.41) is 0. The summed E-state index contributed by atoms with van der Waals surface area (Å²) in [5.41, 5.74) is 0.0340. The normalized spacial score (nSPS) is 12.2. The molecular weight excluding hydrogens is 386 g/mol. The molecule has 0 saturated carbocycles. The van der Waals surface area contributed by atoms with E-state index in [9.17, 15) is 27.2 Å². The van der Waals surface area contributed by atoms with Crippen LogP contribution in [0, 0.1) is 5.82 Å². The van der Waals surface area contributed by atoms with Crippen LogP contribution in [0.15, 0.2) is 36.7 Å². The number of carbonyl (C=O) groups excluding carboxylic acids is 2. The molecule has 1 amide bonds. The number of hydrogen-bond donors (Lipinski definition) is 0. The number of pyridine rings is 2. The van der Waals surface area contributed by atoms with Gasteiger partial charge in [0.2, 0.25) is 0 Å². The summed E-state index contributed by atoms with van der Waals surface area (Å²) in [6, 6.07) is 3.70. The van der Waals surface area contributed by atoms with E-state index in [4.69, 9.17) is 0 Å². The largest absolute Gasteiger partial charge is 0.573 e. The predicted molar refractivity (Wildman–Crippen MR) is 86.1 cm³/mol. The maximum atomic E-state index is 14.0. The van der Waals surface area contributed by atoms with Gasteiger partial charge < -0.3 is 14.4 Å². The quantitative estimate of drug-likeness (QED) is 0.435. The molecule has 28 heavy (non-hydrogen) atoms. The van der Waals surface area contributed by atoms with Crippen LogP contribution in [-0.4, -0.2) is 40.2 Å². The molecule has 0 bridgehead atoms. The molecule has 0 aliphatic carbocycles. The fourth-order valence-electron chi connectivity index (χ4n) is 2.32. The number of amides is 1. The molecule has 0 aliphatic rings. The smallest absolute Gasteiger partial charge is 0.462 e. The molecule has 0 aliphatic heterocycles. The van der Waals surface area contributed by atoms with Crippen LogP contribution in [0.1, 0.15) is 24.4 Å². The summed E-state index contributed by atoms with van der Waals surface area (Å²) >= 11 is 0. The van der Waals surface area contributed by atoms with E-state index in [1.807, 2.05) is 0 Å². The molecule has 2 rings (SSSR count). The summed E-state index contributed by atoms with van der Waals surface area (Å²) in [5.74, 6) is -3.52. The molecule has 1 atom stereocenters. The fourth-order valence-corrected chi connectivity index (χ4v) is 2.32. The molecule has 2 aromatic heterocycles. The zero-order valence-corrected chi connectivity index (χ0v) is 14.7. The summed E-state index contributed by atoms with van der Waals surface area (Å²) in [6.45, 7) is 1.13. The Morgan fingerprint density at radius 1 is 1.21 bits per heavy atom. The second kappa shape index (κ2) is 8.63. The number of esters is 1. The molecule has 11 heteroatoms. The lowest BCUT2D eigenvalue weighted by molar-refractivity contribution is -0.274. The third kappa shape index (κ3) is 5.38. The third-order valence-electron chi connectivity index (χ3n) is 3.63. The zero-order valence-electron chi connectivity index (χ0n) is 14.7. The minimum atomic E-state index is -4.87. The average Bonchev–Trinajstić information content (AvgIpc) is 2.65. The highest BCUT2D eigenvalue weighted by molar-refractivity contribution is 6.32. The maximum Gasteiger partial charge on any atom is 0.573 e. The van der Waals surface area contributed by atoms with Crippen LogP contribution in [-0.2, 0) is 20.9 Å². The molecular formula is C17H15F4N3O4. The first-order valence-electron chi connectivity index (χ1n) is 7.82. The van der Waals surface area contributed by atoms with Crippen molar-refractivity contribution in [1.82, 2.24) is 14.9 Å². The van der Waals surface area contributed by atoms with E-state index in [1.54, 1.807) is 0 Å². The van der Waals surface area contributed by atoms with Gasteiger partial charge in [-0.1, -0.05) is 0 Å². The van der Waals surface area contributed by atoms with Gasteiger partial charge in [0, 0.05) is 6.20 Å². The van der Waals surface area contributed by atoms with Gasteiger partial charge in [0.05, 0.1) is 37.3 Å². The van der Waals surface area contributed by atoms with Gasteiger partial charge in [-0.25, -0.2) is 9.18 Å². The van der Waals surface area contributed by atoms with E-state index in [0.717, 1.165) is 30.3 Å². The number of hydrogen-bond acceptors (Lipinski definition) is 6. The highest BCUT2D eigenvalue weighted by atomic mass is 19.4. The highest BCUT2D eigenvalue weighted by Gasteiger charge is 2.32. The van der Waals surface area contributed by atoms with Crippen LogP contribution in [0.2, 0.25) is 0 Å². The minimum absolute atomic E-state index is 0.100. The first-order valence-corrected chi connectivity index (χ1v) is 7.82. The molecule has 0 N–H and O–H groups in total. The molecule has 0 fully saturated rings. The second-order valence-corrected chi connectivity index (χ2v) is 5.50. The Kier molecular flexibility index (Phi) is 6.49. The molecule has 2 aromatic rings. The molecule has 150 valence electrons. The standard InChI is InChI=1S/C17H15F4N3O4/c1-10(14-13(18)4-3-7-22-14)24(15(25)16(26)27-2)9-11-5-6-12(8-23-11)28-17(19,20)21/h3-8,10H,9H2,1-2H3. The number of halogens is 4. The van der Waals surface area contributed by atoms with Crippen LogP contribution in [0.4, 0.5) is 17.6 Å². The Balaban J connectivity index is 2.29. The summed E-state index contributed by atoms with van der Waals surface area (Å²) in [4.78, 5) is 32.6. The molecule has 0 saturated heterocycles. The number of rotatable bonds is 5. The second-order valence-electron chi connectivity index (χ2n) is 5.50. The van der Waals surface area contributed by atoms with E-state index >= 15 is 0 Å². The van der Waals surface area contributed by atoms with Crippen molar-refractivity contribution < 1.29 is 36.6 Å². The Labute approximate surface area is 156 Å². The molecule has 7 nitrogen and oxygen atoms in total. The SMILES string of the molecule is COC(=O)C(=O)N(Cc1ccc(OC(F)(F)F)cn1)C(C)c1ncccc1F. The van der Waals surface area contributed by atoms with Gasteiger partial charge in [-0.2, -0.15) is 0 Å². The van der Waals surface area contributed by atoms with E-state index in [1.165, 1.54) is 25.3 Å². The molecule has 2 heterocycles. The van der Waals surface area contributed by atoms with Gasteiger partial charge in [0.1, 0.15) is 11.6 Å². The van der Waals surface area contributed by atoms with Crippen molar-refractivity contribution in [2.24, 2.45) is 0 Å². The number of alkyl halides is 3. The molecule has 0 radical (unpaired) electrons. The van der Waals surface area contributed by atoms with Crippen molar-refractivity contribution >= 4 is 11.9 Å². The number of carbonyl (C=O) groups is 2. The van der Waals surface area contributed by atoms with Crippen LogP contribution in [0.25, 0.3) is 0 Å². The van der Waals surface area contributed by atoms with Gasteiger partial charge in [-0.05, 0) is 31.2 Å². The number of nitrogens with zero attached hydrogens (tertiary/aromatic N) is 3. The van der Waals surface area contributed by atoms with Crippen LogP contribution < -0.4 is 4.74 Å². The molecule has 0 spiro atoms. The summed E-state index contributed by atoms with van der Waals surface area (Å²) in [6.07, 6.45) is -2.74. The molecule has 0 aromatic carbocycles. The Bertz CT molecular complexity index is 843. The number of methoxy groups -OCH3 is 1. The van der Waals surface area contributed by atoms with E-state index in [0.29, 0.717) is 0 Å². The maximum absolute atomic E-state index is 14.0. The van der Waals surface area contributed by atoms with Gasteiger partial charge >= 0.3 is 18.2 Å². The minimum Gasteiger partial charge on any atom is -0.462 e. The van der Waals surface area contributed by atoms with Crippen LogP contribution >= 0.6 is 0 Å². The first-order chi connectivity index (χ1) is 13.1. The highest BCUT2D eigenvalue weighted by Crippen LogP contribution is 2.25. The van der Waals surface area contributed by atoms with Crippen molar-refractivity contribution in [1.29, 1.82) is 0 Å². The first kappa shape index (κ1) is 21.1. The number of aromatic nitrogens is 2. The summed E-state index contributed by atoms with van der Waals surface area (Å²) < 4.78 is 58.8. The van der Waals surface area contributed by atoms with Crippen LogP contribution in [0.3, 0.4) is 0 Å². The van der Waals surface area contributed by atoms with Crippen LogP contribution in [0.5, 0.6) is 5.75 Å². The average molecular weight is 401 g/mol. The van der Waals surface area contributed by atoms with E-state index in [-0.39, 0.29) is 17.9 Å². The Morgan fingerprint density at radius 2 is 1.93 bits per heavy atom. The van der Waals surface area contributed by atoms with Gasteiger partial charge in [-0.3, -0.25) is 14.8 Å². The lowest BCUT2D eigenvalue weighted by atomic mass is 10.1. The van der Waals surface area contributed by atoms with Crippen molar-refractivity contribution in [2.75, 3.05) is 7.11 Å². The topological polar surface area (TPSA) is 81.6 Å².